The van der Waals surface area contributed by atoms with E-state index in [4.69, 9.17) is 0 Å². The van der Waals surface area contributed by atoms with E-state index in [1.54, 1.807) is 6.92 Å². The highest BCUT2D eigenvalue weighted by Gasteiger charge is 2.50. The quantitative estimate of drug-likeness (QED) is 0.838. The number of rotatable bonds is 3. The molecule has 1 saturated heterocycles. The standard InChI is InChI=1S/C22H30FN3O3/c1-14-17(23)4-5-18(24-14)15-12-22(13-15)6-8-26(9-7-22)19(27)16-10-21(2,11-16)25-20(28)29-3/h4-5,15-16H,6-13H2,1-3H3,(H,25,28). The largest absolute Gasteiger partial charge is 0.453 e. The molecule has 6 nitrogen and oxygen atoms in total. The second-order valence-corrected chi connectivity index (χ2v) is 9.52. The molecule has 7 heteroatoms. The van der Waals surface area contributed by atoms with E-state index in [0.717, 1.165) is 44.5 Å². The van der Waals surface area contributed by atoms with Gasteiger partial charge in [-0.05, 0) is 69.9 Å². The smallest absolute Gasteiger partial charge is 0.407 e. The number of aromatic nitrogens is 1. The maximum Gasteiger partial charge on any atom is 0.407 e. The van der Waals surface area contributed by atoms with Gasteiger partial charge >= 0.3 is 6.09 Å². The fourth-order valence-electron chi connectivity index (χ4n) is 5.46. The Morgan fingerprint density at radius 1 is 1.21 bits per heavy atom. The average molecular weight is 403 g/mol. The Morgan fingerprint density at radius 3 is 2.45 bits per heavy atom. The molecule has 3 fully saturated rings. The second-order valence-electron chi connectivity index (χ2n) is 9.52. The van der Waals surface area contributed by atoms with Crippen LogP contribution in [0.5, 0.6) is 0 Å². The summed E-state index contributed by atoms with van der Waals surface area (Å²) in [5.41, 5.74) is 1.44. The van der Waals surface area contributed by atoms with Crippen LogP contribution in [0.25, 0.3) is 0 Å². The van der Waals surface area contributed by atoms with Gasteiger partial charge in [0.25, 0.3) is 0 Å². The van der Waals surface area contributed by atoms with Gasteiger partial charge in [0.05, 0.1) is 12.8 Å². The summed E-state index contributed by atoms with van der Waals surface area (Å²) < 4.78 is 18.1. The number of methoxy groups -OCH3 is 1. The Bertz CT molecular complexity index is 806. The highest BCUT2D eigenvalue weighted by atomic mass is 19.1. The molecule has 2 aliphatic carbocycles. The van der Waals surface area contributed by atoms with Gasteiger partial charge in [0.2, 0.25) is 5.91 Å². The van der Waals surface area contributed by atoms with Crippen molar-refractivity contribution >= 4 is 12.0 Å². The summed E-state index contributed by atoms with van der Waals surface area (Å²) in [4.78, 5) is 30.7. The Balaban J connectivity index is 1.25. The van der Waals surface area contributed by atoms with Crippen LogP contribution in [-0.2, 0) is 9.53 Å². The number of hydrogen-bond donors (Lipinski definition) is 1. The topological polar surface area (TPSA) is 71.5 Å². The molecular formula is C22H30FN3O3. The first-order valence-corrected chi connectivity index (χ1v) is 10.5. The SMILES string of the molecule is COC(=O)NC1(C)CC(C(=O)N2CCC3(CC2)CC(c2ccc(F)c(C)n2)C3)C1. The van der Waals surface area contributed by atoms with Gasteiger partial charge in [0, 0.05) is 36.2 Å². The summed E-state index contributed by atoms with van der Waals surface area (Å²) in [6.07, 6.45) is 5.11. The van der Waals surface area contributed by atoms with Crippen molar-refractivity contribution in [2.24, 2.45) is 11.3 Å². The molecule has 0 unspecified atom stereocenters. The minimum absolute atomic E-state index is 0.00765. The molecule has 1 aromatic rings. The highest BCUT2D eigenvalue weighted by Crippen LogP contribution is 2.56. The third kappa shape index (κ3) is 3.83. The van der Waals surface area contributed by atoms with Gasteiger partial charge in [0.15, 0.2) is 0 Å². The maximum absolute atomic E-state index is 13.5. The van der Waals surface area contributed by atoms with E-state index in [0.29, 0.717) is 29.9 Å². The van der Waals surface area contributed by atoms with Crippen LogP contribution in [0.2, 0.25) is 0 Å². The summed E-state index contributed by atoms with van der Waals surface area (Å²) in [5.74, 6) is 0.374. The van der Waals surface area contributed by atoms with Crippen molar-refractivity contribution in [2.45, 2.75) is 63.8 Å². The van der Waals surface area contributed by atoms with Crippen molar-refractivity contribution in [3.63, 3.8) is 0 Å². The summed E-state index contributed by atoms with van der Waals surface area (Å²) in [5, 5.41) is 2.83. The Labute approximate surface area is 171 Å². The van der Waals surface area contributed by atoms with Crippen LogP contribution >= 0.6 is 0 Å². The number of piperidine rings is 1. The minimum Gasteiger partial charge on any atom is -0.453 e. The molecule has 1 spiro atoms. The fraction of sp³-hybridized carbons (Fsp3) is 0.682. The number of carbonyl (C=O) groups excluding carboxylic acids is 2. The number of amides is 2. The molecule has 0 atom stereocenters. The molecule has 4 rings (SSSR count). The van der Waals surface area contributed by atoms with Crippen molar-refractivity contribution in [1.29, 1.82) is 0 Å². The molecule has 29 heavy (non-hydrogen) atoms. The molecule has 0 aromatic carbocycles. The Morgan fingerprint density at radius 2 is 1.86 bits per heavy atom. The van der Waals surface area contributed by atoms with Crippen LogP contribution in [0.15, 0.2) is 12.1 Å². The predicted molar refractivity (Wildman–Crippen MR) is 106 cm³/mol. The van der Waals surface area contributed by atoms with Crippen molar-refractivity contribution in [3.05, 3.63) is 29.3 Å². The molecule has 1 aliphatic heterocycles. The minimum atomic E-state index is -0.441. The van der Waals surface area contributed by atoms with E-state index in [1.807, 2.05) is 17.9 Å². The van der Waals surface area contributed by atoms with Crippen LogP contribution in [0, 0.1) is 24.1 Å². The van der Waals surface area contributed by atoms with E-state index >= 15 is 0 Å². The number of carbonyl (C=O) groups is 2. The van der Waals surface area contributed by atoms with Gasteiger partial charge in [-0.25, -0.2) is 9.18 Å². The molecule has 0 radical (unpaired) electrons. The van der Waals surface area contributed by atoms with E-state index < -0.39 is 6.09 Å². The number of nitrogens with zero attached hydrogens (tertiary/aromatic N) is 2. The third-order valence-electron chi connectivity index (χ3n) is 7.29. The lowest BCUT2D eigenvalue weighted by Gasteiger charge is -2.53. The first-order valence-electron chi connectivity index (χ1n) is 10.5. The van der Waals surface area contributed by atoms with E-state index in [9.17, 15) is 14.0 Å². The van der Waals surface area contributed by atoms with E-state index in [2.05, 4.69) is 15.0 Å². The lowest BCUT2D eigenvalue weighted by molar-refractivity contribution is -0.144. The number of pyridine rings is 1. The highest BCUT2D eigenvalue weighted by molar-refractivity contribution is 5.81. The van der Waals surface area contributed by atoms with E-state index in [1.165, 1.54) is 13.2 Å². The number of halogens is 1. The molecule has 2 saturated carbocycles. The Hall–Kier alpha value is -2.18. The fourth-order valence-corrected chi connectivity index (χ4v) is 5.46. The van der Waals surface area contributed by atoms with Gasteiger partial charge in [-0.2, -0.15) is 0 Å². The zero-order chi connectivity index (χ0) is 20.8. The van der Waals surface area contributed by atoms with Gasteiger partial charge in [-0.15, -0.1) is 0 Å². The molecule has 2 heterocycles. The maximum atomic E-state index is 13.5. The second kappa shape index (κ2) is 7.26. The number of nitrogens with one attached hydrogen (secondary N) is 1. The zero-order valence-electron chi connectivity index (χ0n) is 17.5. The third-order valence-corrected chi connectivity index (χ3v) is 7.29. The van der Waals surface area contributed by atoms with Gasteiger partial charge in [0.1, 0.15) is 5.82 Å². The monoisotopic (exact) mass is 403 g/mol. The molecule has 158 valence electrons. The lowest BCUT2D eigenvalue weighted by atomic mass is 9.56. The van der Waals surface area contributed by atoms with Crippen molar-refractivity contribution in [3.8, 4) is 0 Å². The van der Waals surface area contributed by atoms with Crippen LogP contribution in [0.1, 0.15) is 62.8 Å². The number of alkyl carbamates (subject to hydrolysis) is 1. The zero-order valence-corrected chi connectivity index (χ0v) is 17.5. The van der Waals surface area contributed by atoms with Crippen LogP contribution in [-0.4, -0.2) is 47.6 Å². The van der Waals surface area contributed by atoms with E-state index in [-0.39, 0.29) is 23.2 Å². The number of ether oxygens (including phenoxy) is 1. The summed E-state index contributed by atoms with van der Waals surface area (Å²) >= 11 is 0. The average Bonchev–Trinajstić information content (AvgIpc) is 2.65. The first-order chi connectivity index (χ1) is 13.7. The summed E-state index contributed by atoms with van der Waals surface area (Å²) in [7, 11) is 1.35. The number of hydrogen-bond acceptors (Lipinski definition) is 4. The van der Waals surface area contributed by atoms with Gasteiger partial charge in [-0.1, -0.05) is 0 Å². The number of likely N-dealkylation sites (tertiary alicyclic amines) is 1. The molecule has 3 aliphatic rings. The van der Waals surface area contributed by atoms with Gasteiger partial charge < -0.3 is 15.0 Å². The summed E-state index contributed by atoms with van der Waals surface area (Å²) in [6, 6.07) is 3.33. The molecule has 1 N–H and O–H groups in total. The predicted octanol–water partition coefficient (Wildman–Crippen LogP) is 3.54. The van der Waals surface area contributed by atoms with Crippen molar-refractivity contribution in [1.82, 2.24) is 15.2 Å². The molecule has 1 aromatic heterocycles. The Kier molecular flexibility index (Phi) is 5.03. The summed E-state index contributed by atoms with van der Waals surface area (Å²) in [6.45, 7) is 5.28. The van der Waals surface area contributed by atoms with Crippen LogP contribution in [0.3, 0.4) is 0 Å². The molecule has 0 bridgehead atoms. The van der Waals surface area contributed by atoms with Crippen molar-refractivity contribution < 1.29 is 18.7 Å². The van der Waals surface area contributed by atoms with Gasteiger partial charge in [-0.3, -0.25) is 9.78 Å². The number of aryl methyl sites for hydroxylation is 1. The van der Waals surface area contributed by atoms with Crippen LogP contribution < -0.4 is 5.32 Å². The molecule has 2 amide bonds. The van der Waals surface area contributed by atoms with Crippen LogP contribution in [0.4, 0.5) is 9.18 Å². The normalized spacial score (nSPS) is 28.4. The lowest BCUT2D eigenvalue weighted by Crippen LogP contribution is -2.59. The van der Waals surface area contributed by atoms with Crippen molar-refractivity contribution in [2.75, 3.05) is 20.2 Å². The first kappa shape index (κ1) is 20.1. The molecular weight excluding hydrogens is 373 g/mol.